The molecule has 2 amide bonds. The Balaban J connectivity index is 2.06. The lowest BCUT2D eigenvalue weighted by molar-refractivity contribution is -0.117. The third-order valence-electron chi connectivity index (χ3n) is 3.09. The van der Waals surface area contributed by atoms with Gasteiger partial charge < -0.3 is 4.74 Å². The van der Waals surface area contributed by atoms with E-state index in [4.69, 9.17) is 0 Å². The molecule has 1 heterocycles. The van der Waals surface area contributed by atoms with E-state index in [1.54, 1.807) is 11.6 Å². The summed E-state index contributed by atoms with van der Waals surface area (Å²) in [5.74, 6) is -0.465. The van der Waals surface area contributed by atoms with Gasteiger partial charge in [0.1, 0.15) is 0 Å². The molecule has 122 valence electrons. The molecule has 0 aliphatic carbocycles. The third kappa shape index (κ3) is 4.28. The molecule has 0 aliphatic rings. The summed E-state index contributed by atoms with van der Waals surface area (Å²) in [6, 6.07) is 5.82. The Kier molecular flexibility index (Phi) is 5.69. The first-order chi connectivity index (χ1) is 11.0. The van der Waals surface area contributed by atoms with Crippen LogP contribution in [0.4, 0.5) is 4.79 Å². The number of hydrogen-bond donors (Lipinski definition) is 1. The van der Waals surface area contributed by atoms with Crippen LogP contribution in [-0.4, -0.2) is 44.6 Å². The number of thioether (sulfide) groups is 1. The van der Waals surface area contributed by atoms with Crippen LogP contribution in [0.1, 0.15) is 18.1 Å². The van der Waals surface area contributed by atoms with E-state index in [-0.39, 0.29) is 12.4 Å². The number of aromatic nitrogens is 4. The fourth-order valence-electron chi connectivity index (χ4n) is 1.83. The fraction of sp³-hybridized carbons (Fsp3) is 0.357. The van der Waals surface area contributed by atoms with Crippen LogP contribution in [0, 0.1) is 13.8 Å². The summed E-state index contributed by atoms with van der Waals surface area (Å²) in [7, 11) is 0. The number of imide groups is 1. The summed E-state index contributed by atoms with van der Waals surface area (Å²) >= 11 is 1.14. The average Bonchev–Trinajstić information content (AvgIpc) is 2.96. The van der Waals surface area contributed by atoms with Crippen molar-refractivity contribution in [1.29, 1.82) is 0 Å². The molecule has 1 aromatic heterocycles. The topological polar surface area (TPSA) is 99.0 Å². The summed E-state index contributed by atoms with van der Waals surface area (Å²) in [5, 5.41) is 14.1. The number of ether oxygens (including phenoxy) is 1. The van der Waals surface area contributed by atoms with E-state index in [9.17, 15) is 9.59 Å². The zero-order chi connectivity index (χ0) is 16.8. The Bertz CT molecular complexity index is 716. The highest BCUT2D eigenvalue weighted by Gasteiger charge is 2.15. The molecule has 8 nitrogen and oxygen atoms in total. The highest BCUT2D eigenvalue weighted by Crippen LogP contribution is 2.22. The van der Waals surface area contributed by atoms with Crippen molar-refractivity contribution in [2.45, 2.75) is 25.9 Å². The van der Waals surface area contributed by atoms with Crippen LogP contribution >= 0.6 is 11.8 Å². The highest BCUT2D eigenvalue weighted by atomic mass is 32.2. The van der Waals surface area contributed by atoms with Crippen LogP contribution in [0.25, 0.3) is 5.69 Å². The second kappa shape index (κ2) is 7.73. The maximum absolute atomic E-state index is 11.7. The minimum Gasteiger partial charge on any atom is -0.450 e. The van der Waals surface area contributed by atoms with Gasteiger partial charge >= 0.3 is 6.09 Å². The van der Waals surface area contributed by atoms with Crippen molar-refractivity contribution in [3.05, 3.63) is 29.3 Å². The molecule has 0 fully saturated rings. The number of alkyl carbamates (subject to hydrolysis) is 1. The van der Waals surface area contributed by atoms with Crippen LogP contribution in [0.2, 0.25) is 0 Å². The normalized spacial score (nSPS) is 10.4. The SMILES string of the molecule is CCOC(=O)NC(=O)CSc1nnnn1-c1cccc(C)c1C. The van der Waals surface area contributed by atoms with Gasteiger partial charge in [-0.2, -0.15) is 4.68 Å². The van der Waals surface area contributed by atoms with Gasteiger partial charge in [-0.3, -0.25) is 10.1 Å². The van der Waals surface area contributed by atoms with Crippen molar-refractivity contribution >= 4 is 23.8 Å². The molecular formula is C14H17N5O3S. The molecule has 1 aromatic carbocycles. The Hall–Kier alpha value is -2.42. The predicted molar refractivity (Wildman–Crippen MR) is 84.5 cm³/mol. The van der Waals surface area contributed by atoms with Gasteiger partial charge in [-0.1, -0.05) is 23.9 Å². The third-order valence-corrected chi connectivity index (χ3v) is 4.01. The second-order valence-electron chi connectivity index (χ2n) is 4.65. The molecule has 0 radical (unpaired) electrons. The number of carbonyl (C=O) groups excluding carboxylic acids is 2. The highest BCUT2D eigenvalue weighted by molar-refractivity contribution is 7.99. The number of carbonyl (C=O) groups is 2. The minimum absolute atomic E-state index is 0.00402. The molecule has 23 heavy (non-hydrogen) atoms. The van der Waals surface area contributed by atoms with E-state index in [0.717, 1.165) is 28.6 Å². The number of hydrogen-bond acceptors (Lipinski definition) is 7. The van der Waals surface area contributed by atoms with Crippen LogP contribution in [-0.2, 0) is 9.53 Å². The molecule has 0 saturated heterocycles. The maximum atomic E-state index is 11.7. The van der Waals surface area contributed by atoms with Gasteiger partial charge in [0, 0.05) is 0 Å². The number of amides is 2. The van der Waals surface area contributed by atoms with E-state index >= 15 is 0 Å². The second-order valence-corrected chi connectivity index (χ2v) is 5.59. The summed E-state index contributed by atoms with van der Waals surface area (Å²) in [4.78, 5) is 22.9. The Labute approximate surface area is 137 Å². The lowest BCUT2D eigenvalue weighted by atomic mass is 10.1. The lowest BCUT2D eigenvalue weighted by Gasteiger charge is -2.09. The number of nitrogens with zero attached hydrogens (tertiary/aromatic N) is 4. The summed E-state index contributed by atoms with van der Waals surface area (Å²) in [5.41, 5.74) is 3.02. The van der Waals surface area contributed by atoms with Gasteiger partial charge in [0.2, 0.25) is 11.1 Å². The van der Waals surface area contributed by atoms with E-state index in [1.807, 2.05) is 32.0 Å². The first kappa shape index (κ1) is 16.9. The zero-order valence-electron chi connectivity index (χ0n) is 13.1. The molecule has 0 bridgehead atoms. The number of benzene rings is 1. The Morgan fingerprint density at radius 1 is 1.35 bits per heavy atom. The summed E-state index contributed by atoms with van der Waals surface area (Å²) in [6.45, 7) is 5.85. The van der Waals surface area contributed by atoms with Crippen molar-refractivity contribution in [2.75, 3.05) is 12.4 Å². The van der Waals surface area contributed by atoms with E-state index in [0.29, 0.717) is 5.16 Å². The van der Waals surface area contributed by atoms with Gasteiger partial charge in [0.25, 0.3) is 0 Å². The smallest absolute Gasteiger partial charge is 0.413 e. The quantitative estimate of drug-likeness (QED) is 0.829. The minimum atomic E-state index is -0.757. The predicted octanol–water partition coefficient (Wildman–Crippen LogP) is 1.64. The van der Waals surface area contributed by atoms with E-state index in [1.165, 1.54) is 0 Å². The molecule has 0 spiro atoms. The number of nitrogens with one attached hydrogen (secondary N) is 1. The number of aryl methyl sites for hydroxylation is 1. The van der Waals surface area contributed by atoms with Gasteiger partial charge in [-0.25, -0.2) is 4.79 Å². The molecule has 0 atom stereocenters. The van der Waals surface area contributed by atoms with Crippen LogP contribution in [0.3, 0.4) is 0 Å². The van der Waals surface area contributed by atoms with Crippen molar-refractivity contribution < 1.29 is 14.3 Å². The first-order valence-corrected chi connectivity index (χ1v) is 7.95. The van der Waals surface area contributed by atoms with Crippen molar-refractivity contribution in [3.63, 3.8) is 0 Å². The van der Waals surface area contributed by atoms with Crippen LogP contribution in [0.5, 0.6) is 0 Å². The molecular weight excluding hydrogens is 318 g/mol. The molecule has 2 rings (SSSR count). The van der Waals surface area contributed by atoms with Crippen molar-refractivity contribution in [1.82, 2.24) is 25.5 Å². The Morgan fingerprint density at radius 2 is 2.13 bits per heavy atom. The van der Waals surface area contributed by atoms with Crippen molar-refractivity contribution in [2.24, 2.45) is 0 Å². The maximum Gasteiger partial charge on any atom is 0.413 e. The summed E-state index contributed by atoms with van der Waals surface area (Å²) < 4.78 is 6.22. The summed E-state index contributed by atoms with van der Waals surface area (Å²) in [6.07, 6.45) is -0.757. The van der Waals surface area contributed by atoms with E-state index < -0.39 is 12.0 Å². The molecule has 0 saturated carbocycles. The molecule has 2 aromatic rings. The molecule has 0 unspecified atom stereocenters. The van der Waals surface area contributed by atoms with Gasteiger partial charge in [0.15, 0.2) is 0 Å². The van der Waals surface area contributed by atoms with E-state index in [2.05, 4.69) is 25.6 Å². The van der Waals surface area contributed by atoms with Crippen LogP contribution in [0.15, 0.2) is 23.4 Å². The van der Waals surface area contributed by atoms with Crippen LogP contribution < -0.4 is 5.32 Å². The largest absolute Gasteiger partial charge is 0.450 e. The number of rotatable bonds is 5. The lowest BCUT2D eigenvalue weighted by Crippen LogP contribution is -2.32. The zero-order valence-corrected chi connectivity index (χ0v) is 13.9. The van der Waals surface area contributed by atoms with Crippen molar-refractivity contribution in [3.8, 4) is 5.69 Å². The van der Waals surface area contributed by atoms with Gasteiger partial charge in [-0.15, -0.1) is 5.10 Å². The fourth-order valence-corrected chi connectivity index (χ4v) is 2.52. The van der Waals surface area contributed by atoms with Gasteiger partial charge in [-0.05, 0) is 48.4 Å². The van der Waals surface area contributed by atoms with Gasteiger partial charge in [0.05, 0.1) is 18.0 Å². The number of tetrazole rings is 1. The molecule has 1 N–H and O–H groups in total. The first-order valence-electron chi connectivity index (χ1n) is 6.97. The average molecular weight is 335 g/mol. The monoisotopic (exact) mass is 335 g/mol. The standard InChI is InChI=1S/C14H17N5O3S/c1-4-22-14(21)15-12(20)8-23-13-16-17-18-19(13)11-7-5-6-9(2)10(11)3/h5-7H,4,8H2,1-3H3,(H,15,20,21). The molecule has 9 heteroatoms. The molecule has 0 aliphatic heterocycles. The Morgan fingerprint density at radius 3 is 2.87 bits per heavy atom.